The van der Waals surface area contributed by atoms with Crippen LogP contribution in [0.3, 0.4) is 0 Å². The largest absolute Gasteiger partial charge is 0.461 e. The normalized spacial score (nSPS) is 10.6. The van der Waals surface area contributed by atoms with E-state index in [1.165, 1.54) is 6.92 Å². The van der Waals surface area contributed by atoms with E-state index in [1.807, 2.05) is 0 Å². The summed E-state index contributed by atoms with van der Waals surface area (Å²) in [6, 6.07) is 0. The van der Waals surface area contributed by atoms with Gasteiger partial charge in [-0.05, 0) is 19.4 Å². The van der Waals surface area contributed by atoms with Gasteiger partial charge in [-0.2, -0.15) is 0 Å². The van der Waals surface area contributed by atoms with Crippen LogP contribution < -0.4 is 0 Å². The molecule has 1 aromatic rings. The fourth-order valence-electron chi connectivity index (χ4n) is 1.15. The van der Waals surface area contributed by atoms with Crippen LogP contribution in [-0.2, 0) is 4.74 Å². The number of alkyl halides is 2. The third kappa shape index (κ3) is 2.47. The van der Waals surface area contributed by atoms with E-state index >= 15 is 0 Å². The molecule has 0 spiro atoms. The smallest absolute Gasteiger partial charge is 0.358 e. The van der Waals surface area contributed by atoms with Crippen molar-refractivity contribution in [3.05, 3.63) is 28.0 Å². The molecule has 0 aliphatic carbocycles. The molecule has 0 aliphatic rings. The van der Waals surface area contributed by atoms with Gasteiger partial charge in [0.2, 0.25) is 0 Å². The molecule has 1 aromatic heterocycles. The van der Waals surface area contributed by atoms with Crippen LogP contribution in [0.2, 0.25) is 5.02 Å². The zero-order chi connectivity index (χ0) is 12.3. The number of carbonyl (C=O) groups excluding carboxylic acids is 1. The van der Waals surface area contributed by atoms with Crippen molar-refractivity contribution in [2.24, 2.45) is 0 Å². The molecule has 0 aromatic carbocycles. The van der Waals surface area contributed by atoms with E-state index < -0.39 is 12.4 Å². The second-order valence-electron chi connectivity index (χ2n) is 3.02. The van der Waals surface area contributed by atoms with Gasteiger partial charge in [0.1, 0.15) is 0 Å². The van der Waals surface area contributed by atoms with Gasteiger partial charge in [0.15, 0.2) is 5.69 Å². The topological polar surface area (TPSA) is 39.2 Å². The molecule has 0 saturated carbocycles. The predicted molar refractivity (Wildman–Crippen MR) is 54.9 cm³/mol. The first kappa shape index (κ1) is 12.8. The van der Waals surface area contributed by atoms with Gasteiger partial charge in [0.25, 0.3) is 6.43 Å². The van der Waals surface area contributed by atoms with E-state index in [2.05, 4.69) is 4.98 Å². The zero-order valence-corrected chi connectivity index (χ0v) is 9.52. The lowest BCUT2D eigenvalue weighted by Crippen LogP contribution is -2.09. The van der Waals surface area contributed by atoms with Crippen molar-refractivity contribution in [2.75, 3.05) is 6.61 Å². The van der Waals surface area contributed by atoms with Crippen LogP contribution in [0.4, 0.5) is 8.78 Å². The Bertz CT molecular complexity index is 410. The van der Waals surface area contributed by atoms with E-state index in [1.54, 1.807) is 6.92 Å². The maximum Gasteiger partial charge on any atom is 0.358 e. The van der Waals surface area contributed by atoms with Gasteiger partial charge in [-0.1, -0.05) is 11.6 Å². The first-order chi connectivity index (χ1) is 7.49. The summed E-state index contributed by atoms with van der Waals surface area (Å²) in [6.45, 7) is 3.22. The Morgan fingerprint density at radius 1 is 1.62 bits per heavy atom. The highest BCUT2D eigenvalue weighted by Gasteiger charge is 2.20. The SMILES string of the molecule is CCOC(=O)c1ncc(C(F)F)c(C)c1Cl. The third-order valence-electron chi connectivity index (χ3n) is 2.01. The molecular formula is C10H10ClF2NO2. The molecule has 0 saturated heterocycles. The fourth-order valence-corrected chi connectivity index (χ4v) is 1.39. The molecular weight excluding hydrogens is 240 g/mol. The van der Waals surface area contributed by atoms with Crippen LogP contribution in [0.25, 0.3) is 0 Å². The fraction of sp³-hybridized carbons (Fsp3) is 0.400. The van der Waals surface area contributed by atoms with Crippen LogP contribution in [0.5, 0.6) is 0 Å². The van der Waals surface area contributed by atoms with Crippen LogP contribution in [0, 0.1) is 6.92 Å². The summed E-state index contributed by atoms with van der Waals surface area (Å²) in [5, 5.41) is -0.0868. The van der Waals surface area contributed by atoms with Crippen molar-refractivity contribution in [1.29, 1.82) is 0 Å². The zero-order valence-electron chi connectivity index (χ0n) is 8.76. The third-order valence-corrected chi connectivity index (χ3v) is 2.47. The Morgan fingerprint density at radius 3 is 2.75 bits per heavy atom. The van der Waals surface area contributed by atoms with E-state index in [9.17, 15) is 13.6 Å². The van der Waals surface area contributed by atoms with Gasteiger partial charge in [0, 0.05) is 11.8 Å². The van der Waals surface area contributed by atoms with Crippen molar-refractivity contribution in [3.8, 4) is 0 Å². The number of rotatable bonds is 3. The Balaban J connectivity index is 3.16. The van der Waals surface area contributed by atoms with Gasteiger partial charge >= 0.3 is 5.97 Å². The lowest BCUT2D eigenvalue weighted by Gasteiger charge is -2.09. The first-order valence-corrected chi connectivity index (χ1v) is 4.97. The van der Waals surface area contributed by atoms with Crippen molar-refractivity contribution < 1.29 is 18.3 Å². The summed E-state index contributed by atoms with van der Waals surface area (Å²) in [5.41, 5.74) is -0.266. The maximum absolute atomic E-state index is 12.5. The Hall–Kier alpha value is -1.23. The van der Waals surface area contributed by atoms with Crippen molar-refractivity contribution >= 4 is 17.6 Å². The van der Waals surface area contributed by atoms with Crippen molar-refractivity contribution in [3.63, 3.8) is 0 Å². The first-order valence-electron chi connectivity index (χ1n) is 4.59. The standard InChI is InChI=1S/C10H10ClF2NO2/c1-3-16-10(15)8-7(11)5(2)6(4-14-8)9(12)13/h4,9H,3H2,1-2H3. The van der Waals surface area contributed by atoms with Crippen LogP contribution in [-0.4, -0.2) is 17.6 Å². The highest BCUT2D eigenvalue weighted by Crippen LogP contribution is 2.28. The minimum atomic E-state index is -2.67. The van der Waals surface area contributed by atoms with Crippen LogP contribution >= 0.6 is 11.6 Å². The van der Waals surface area contributed by atoms with E-state index in [0.29, 0.717) is 0 Å². The van der Waals surface area contributed by atoms with Gasteiger partial charge in [-0.25, -0.2) is 18.6 Å². The van der Waals surface area contributed by atoms with Gasteiger partial charge < -0.3 is 4.74 Å². The molecule has 0 N–H and O–H groups in total. The van der Waals surface area contributed by atoms with E-state index in [4.69, 9.17) is 16.3 Å². The number of hydrogen-bond acceptors (Lipinski definition) is 3. The Morgan fingerprint density at radius 2 is 2.25 bits per heavy atom. The summed E-state index contributed by atoms with van der Waals surface area (Å²) in [4.78, 5) is 14.9. The van der Waals surface area contributed by atoms with Gasteiger partial charge in [0.05, 0.1) is 11.6 Å². The quantitative estimate of drug-likeness (QED) is 0.773. The second-order valence-corrected chi connectivity index (χ2v) is 3.40. The number of halogens is 3. The molecule has 0 amide bonds. The number of hydrogen-bond donors (Lipinski definition) is 0. The van der Waals surface area contributed by atoms with Gasteiger partial charge in [-0.3, -0.25) is 0 Å². The van der Waals surface area contributed by atoms with Crippen molar-refractivity contribution in [2.45, 2.75) is 20.3 Å². The minimum Gasteiger partial charge on any atom is -0.461 e. The minimum absolute atomic E-state index is 0.0868. The molecule has 1 heterocycles. The molecule has 1 rings (SSSR count). The highest BCUT2D eigenvalue weighted by atomic mass is 35.5. The lowest BCUT2D eigenvalue weighted by molar-refractivity contribution is 0.0519. The Kier molecular flexibility index (Phi) is 4.18. The summed E-state index contributed by atoms with van der Waals surface area (Å²) in [5.74, 6) is -0.712. The molecule has 0 bridgehead atoms. The number of ether oxygens (including phenoxy) is 1. The molecule has 0 unspecified atom stereocenters. The Labute approximate surface area is 96.4 Å². The van der Waals surface area contributed by atoms with Crippen LogP contribution in [0.15, 0.2) is 6.20 Å². The molecule has 0 fully saturated rings. The predicted octanol–water partition coefficient (Wildman–Crippen LogP) is 3.16. The molecule has 0 aliphatic heterocycles. The lowest BCUT2D eigenvalue weighted by atomic mass is 10.1. The van der Waals surface area contributed by atoms with E-state index in [0.717, 1.165) is 6.20 Å². The monoisotopic (exact) mass is 249 g/mol. The average molecular weight is 250 g/mol. The van der Waals surface area contributed by atoms with Crippen molar-refractivity contribution in [1.82, 2.24) is 4.98 Å². The van der Waals surface area contributed by atoms with Crippen LogP contribution in [0.1, 0.15) is 35.0 Å². The number of aromatic nitrogens is 1. The molecule has 0 atom stereocenters. The molecule has 16 heavy (non-hydrogen) atoms. The molecule has 0 radical (unpaired) electrons. The summed E-state index contributed by atoms with van der Waals surface area (Å²) >= 11 is 5.78. The number of esters is 1. The van der Waals surface area contributed by atoms with E-state index in [-0.39, 0.29) is 28.5 Å². The second kappa shape index (κ2) is 5.21. The maximum atomic E-state index is 12.5. The highest BCUT2D eigenvalue weighted by molar-refractivity contribution is 6.34. The summed E-state index contributed by atoms with van der Waals surface area (Å²) in [7, 11) is 0. The van der Waals surface area contributed by atoms with Gasteiger partial charge in [-0.15, -0.1) is 0 Å². The molecule has 3 nitrogen and oxygen atoms in total. The number of nitrogens with zero attached hydrogens (tertiary/aromatic N) is 1. The number of carbonyl (C=O) groups is 1. The average Bonchev–Trinajstić information content (AvgIpc) is 2.21. The molecule has 6 heteroatoms. The molecule has 88 valence electrons. The number of pyridine rings is 1. The summed E-state index contributed by atoms with van der Waals surface area (Å²) < 4.78 is 29.6. The summed E-state index contributed by atoms with van der Waals surface area (Å²) in [6.07, 6.45) is -1.72.